The Morgan fingerprint density at radius 3 is 2.19 bits per heavy atom. The Bertz CT molecular complexity index is 2210. The molecule has 0 saturated heterocycles. The van der Waals surface area contributed by atoms with Gasteiger partial charge in [0.05, 0.1) is 22.4 Å². The van der Waals surface area contributed by atoms with E-state index in [1.807, 2.05) is 54.6 Å². The molecule has 4 heterocycles. The first-order valence-corrected chi connectivity index (χ1v) is 13.9. The van der Waals surface area contributed by atoms with Crippen molar-refractivity contribution in [1.29, 1.82) is 0 Å². The van der Waals surface area contributed by atoms with Gasteiger partial charge in [-0.2, -0.15) is 0 Å². The Balaban J connectivity index is 1.36. The predicted molar refractivity (Wildman–Crippen MR) is 162 cm³/mol. The van der Waals surface area contributed by atoms with Crippen LogP contribution in [0.4, 0.5) is 0 Å². The minimum atomic E-state index is -0.778. The molecule has 1 atom stereocenters. The molecule has 9 heteroatoms. The molecule has 1 aliphatic rings. The van der Waals surface area contributed by atoms with Gasteiger partial charge in [0.25, 0.3) is 0 Å². The van der Waals surface area contributed by atoms with Crippen molar-refractivity contribution < 1.29 is 9.15 Å². The molecule has 0 bridgehead atoms. The zero-order chi connectivity index (χ0) is 28.4. The summed E-state index contributed by atoms with van der Waals surface area (Å²) in [7, 11) is 0. The van der Waals surface area contributed by atoms with Gasteiger partial charge in [-0.1, -0.05) is 96.0 Å². The van der Waals surface area contributed by atoms with Crippen LogP contribution in [-0.2, 0) is 0 Å². The fourth-order valence-corrected chi connectivity index (χ4v) is 6.18. The number of benzene rings is 4. The number of halogens is 2. The van der Waals surface area contributed by atoms with Crippen LogP contribution in [-0.4, -0.2) is 19.6 Å². The third kappa shape index (κ3) is 3.82. The number of fused-ring (bicyclic) bond motifs is 6. The summed E-state index contributed by atoms with van der Waals surface area (Å²) in [5, 5.41) is 6.12. The van der Waals surface area contributed by atoms with Gasteiger partial charge in [-0.05, 0) is 35.4 Å². The minimum Gasteiger partial charge on any atom is -0.437 e. The molecule has 3 aromatic heterocycles. The van der Waals surface area contributed by atoms with Crippen LogP contribution in [0.1, 0.15) is 22.6 Å². The van der Waals surface area contributed by atoms with Crippen molar-refractivity contribution >= 4 is 39.8 Å². The van der Waals surface area contributed by atoms with Crippen LogP contribution in [0, 0.1) is 0 Å². The van der Waals surface area contributed by atoms with Crippen molar-refractivity contribution in [2.75, 3.05) is 0 Å². The molecule has 0 aliphatic carbocycles. The fraction of sp³-hybridized carbons (Fsp3) is 0.0303. The monoisotopic (exact) mass is 588 g/mol. The average Bonchev–Trinajstić information content (AvgIpc) is 3.46. The summed E-state index contributed by atoms with van der Waals surface area (Å²) in [6, 6.07) is 30.6. The number of nitrogens with zero attached hydrogens (tertiary/aromatic N) is 4. The van der Waals surface area contributed by atoms with Crippen molar-refractivity contribution in [3.63, 3.8) is 0 Å². The summed E-state index contributed by atoms with van der Waals surface area (Å²) in [6.45, 7) is 0. The number of hydrogen-bond donors (Lipinski definition) is 0. The SMILES string of the molecule is O=c1oc2ccccc2c2c1C(c1c(Cl)cccc1Cl)c1c(ncn3nc(-c4ccc(-c5ccccc5)cc4)nc13)O2. The second kappa shape index (κ2) is 9.55. The Kier molecular flexibility index (Phi) is 5.63. The lowest BCUT2D eigenvalue weighted by Crippen LogP contribution is -2.22. The van der Waals surface area contributed by atoms with Gasteiger partial charge in [-0.15, -0.1) is 5.10 Å². The molecule has 8 rings (SSSR count). The lowest BCUT2D eigenvalue weighted by molar-refractivity contribution is 0.422. The summed E-state index contributed by atoms with van der Waals surface area (Å²) in [4.78, 5) is 23.1. The van der Waals surface area contributed by atoms with Crippen LogP contribution in [0.25, 0.3) is 39.1 Å². The van der Waals surface area contributed by atoms with Crippen molar-refractivity contribution in [2.45, 2.75) is 5.92 Å². The molecule has 7 nitrogen and oxygen atoms in total. The van der Waals surface area contributed by atoms with E-state index in [0.717, 1.165) is 16.7 Å². The molecule has 7 aromatic rings. The van der Waals surface area contributed by atoms with Crippen molar-refractivity contribution in [2.24, 2.45) is 0 Å². The zero-order valence-corrected chi connectivity index (χ0v) is 23.2. The summed E-state index contributed by atoms with van der Waals surface area (Å²) in [5.41, 5.74) is 4.63. The highest BCUT2D eigenvalue weighted by atomic mass is 35.5. The van der Waals surface area contributed by atoms with Crippen LogP contribution in [0.2, 0.25) is 10.0 Å². The van der Waals surface area contributed by atoms with E-state index < -0.39 is 11.5 Å². The number of para-hydroxylation sites is 1. The molecule has 1 unspecified atom stereocenters. The smallest absolute Gasteiger partial charge is 0.344 e. The van der Waals surface area contributed by atoms with Gasteiger partial charge in [0.2, 0.25) is 5.88 Å². The van der Waals surface area contributed by atoms with Crippen molar-refractivity contribution in [1.82, 2.24) is 19.6 Å². The first-order valence-electron chi connectivity index (χ1n) is 13.2. The largest absolute Gasteiger partial charge is 0.437 e. The standard InChI is InChI=1S/C33H18Cl2N4O3/c34-22-10-6-11-23(35)25(22)26-27-29(21-9-4-5-12-24(21)41-33(27)40)42-32-28(26)31-37-30(38-39(31)17-36-32)20-15-13-19(14-16-20)18-7-2-1-3-8-18/h1-17,26H. The van der Waals surface area contributed by atoms with Crippen LogP contribution < -0.4 is 10.4 Å². The summed E-state index contributed by atoms with van der Waals surface area (Å²) >= 11 is 13.5. The highest BCUT2D eigenvalue weighted by molar-refractivity contribution is 6.36. The van der Waals surface area contributed by atoms with Gasteiger partial charge in [-0.3, -0.25) is 0 Å². The summed E-state index contributed by atoms with van der Waals surface area (Å²) in [6.07, 6.45) is 1.55. The van der Waals surface area contributed by atoms with Gasteiger partial charge in [0.1, 0.15) is 11.9 Å². The summed E-state index contributed by atoms with van der Waals surface area (Å²) < 4.78 is 13.7. The Hall–Kier alpha value is -4.98. The molecule has 0 amide bonds. The third-order valence-electron chi connectivity index (χ3n) is 7.50. The van der Waals surface area contributed by atoms with E-state index in [0.29, 0.717) is 49.4 Å². The number of aromatic nitrogens is 4. The van der Waals surface area contributed by atoms with Gasteiger partial charge >= 0.3 is 5.63 Å². The molecule has 0 N–H and O–H groups in total. The number of hydrogen-bond acceptors (Lipinski definition) is 6. The maximum Gasteiger partial charge on any atom is 0.344 e. The van der Waals surface area contributed by atoms with Crippen LogP contribution in [0.3, 0.4) is 0 Å². The topological polar surface area (TPSA) is 82.5 Å². The van der Waals surface area contributed by atoms with Crippen molar-refractivity contribution in [3.05, 3.63) is 141 Å². The highest BCUT2D eigenvalue weighted by Crippen LogP contribution is 2.51. The van der Waals surface area contributed by atoms with E-state index >= 15 is 0 Å². The maximum absolute atomic E-state index is 13.6. The van der Waals surface area contributed by atoms with Crippen LogP contribution in [0.15, 0.2) is 113 Å². The first kappa shape index (κ1) is 24.8. The van der Waals surface area contributed by atoms with Gasteiger partial charge < -0.3 is 9.15 Å². The normalized spacial score (nSPS) is 14.0. The van der Waals surface area contributed by atoms with E-state index in [1.54, 1.807) is 41.2 Å². The van der Waals surface area contributed by atoms with Gasteiger partial charge in [-0.25, -0.2) is 19.3 Å². The second-order valence-electron chi connectivity index (χ2n) is 9.91. The van der Waals surface area contributed by atoms with Crippen molar-refractivity contribution in [3.8, 4) is 34.1 Å². The quantitative estimate of drug-likeness (QED) is 0.194. The van der Waals surface area contributed by atoms with Gasteiger partial charge in [0, 0.05) is 21.2 Å². The Morgan fingerprint density at radius 2 is 1.40 bits per heavy atom. The summed E-state index contributed by atoms with van der Waals surface area (Å²) in [5.74, 6) is 0.346. The second-order valence-corrected chi connectivity index (χ2v) is 10.7. The van der Waals surface area contributed by atoms with E-state index in [4.69, 9.17) is 42.4 Å². The Labute approximate surface area is 248 Å². The van der Waals surface area contributed by atoms with E-state index in [9.17, 15) is 4.79 Å². The van der Waals surface area contributed by atoms with E-state index in [1.165, 1.54) is 0 Å². The highest BCUT2D eigenvalue weighted by Gasteiger charge is 2.39. The molecule has 0 saturated carbocycles. The average molecular weight is 589 g/mol. The molecule has 0 fully saturated rings. The number of rotatable bonds is 3. The molecular formula is C33H18Cl2N4O3. The lowest BCUT2D eigenvalue weighted by atomic mass is 9.84. The van der Waals surface area contributed by atoms with E-state index in [2.05, 4.69) is 17.1 Å². The lowest BCUT2D eigenvalue weighted by Gasteiger charge is -2.28. The molecule has 0 spiro atoms. The van der Waals surface area contributed by atoms with Gasteiger partial charge in [0.15, 0.2) is 17.2 Å². The molecule has 42 heavy (non-hydrogen) atoms. The zero-order valence-electron chi connectivity index (χ0n) is 21.7. The minimum absolute atomic E-state index is 0.267. The maximum atomic E-state index is 13.6. The van der Waals surface area contributed by atoms with E-state index in [-0.39, 0.29) is 11.4 Å². The molecule has 0 radical (unpaired) electrons. The van der Waals surface area contributed by atoms with Crippen LogP contribution in [0.5, 0.6) is 11.6 Å². The molecule has 202 valence electrons. The molecule has 4 aromatic carbocycles. The number of ether oxygens (including phenoxy) is 1. The first-order chi connectivity index (χ1) is 20.6. The molecule has 1 aliphatic heterocycles. The third-order valence-corrected chi connectivity index (χ3v) is 8.16. The fourth-order valence-electron chi connectivity index (χ4n) is 5.57. The predicted octanol–water partition coefficient (Wildman–Crippen LogP) is 8.16. The Morgan fingerprint density at radius 1 is 0.714 bits per heavy atom. The van der Waals surface area contributed by atoms with Crippen LogP contribution >= 0.6 is 23.2 Å². The molecular weight excluding hydrogens is 571 g/mol.